The van der Waals surface area contributed by atoms with Crippen molar-refractivity contribution in [1.29, 1.82) is 0 Å². The first-order valence-electron chi connectivity index (χ1n) is 12.9. The van der Waals surface area contributed by atoms with Crippen LogP contribution in [0.15, 0.2) is 114 Å². The van der Waals surface area contributed by atoms with Crippen LogP contribution >= 0.6 is 0 Å². The number of carbonyl (C=O) groups excluding carboxylic acids is 1. The Labute approximate surface area is 228 Å². The molecule has 6 rings (SSSR count). The summed E-state index contributed by atoms with van der Waals surface area (Å²) in [6, 6.07) is 30.1. The summed E-state index contributed by atoms with van der Waals surface area (Å²) in [4.78, 5) is 12.1. The molecule has 39 heavy (non-hydrogen) atoms. The second kappa shape index (κ2) is 10.1. The van der Waals surface area contributed by atoms with Crippen molar-refractivity contribution in [3.8, 4) is 11.1 Å². The van der Waals surface area contributed by atoms with E-state index >= 15 is 0 Å². The third-order valence-corrected chi connectivity index (χ3v) is 8.96. The molecule has 4 aromatic carbocycles. The Kier molecular flexibility index (Phi) is 6.45. The molecule has 1 aliphatic carbocycles. The number of hydrogen-bond donors (Lipinski definition) is 2. The van der Waals surface area contributed by atoms with Crippen LogP contribution in [-0.2, 0) is 14.8 Å². The lowest BCUT2D eigenvalue weighted by molar-refractivity contribution is 0.0600. The maximum Gasteiger partial charge on any atom is 0.337 e. The Morgan fingerprint density at radius 1 is 0.897 bits per heavy atom. The molecule has 4 aromatic rings. The number of carbonyl (C=O) groups is 1. The van der Waals surface area contributed by atoms with Crippen LogP contribution in [0.25, 0.3) is 11.1 Å². The summed E-state index contributed by atoms with van der Waals surface area (Å²) < 4.78 is 34.2. The Hall–Kier alpha value is -4.36. The van der Waals surface area contributed by atoms with Crippen molar-refractivity contribution in [2.24, 2.45) is 5.92 Å². The molecule has 0 aromatic heterocycles. The van der Waals surface area contributed by atoms with Gasteiger partial charge in [0.25, 0.3) is 10.0 Å². The predicted octanol–water partition coefficient (Wildman–Crippen LogP) is 6.77. The molecule has 0 fully saturated rings. The molecule has 0 spiro atoms. The number of benzene rings is 4. The Bertz CT molecular complexity index is 1650. The molecule has 0 unspecified atom stereocenters. The Morgan fingerprint density at radius 3 is 2.33 bits per heavy atom. The van der Waals surface area contributed by atoms with Crippen molar-refractivity contribution in [1.82, 2.24) is 0 Å². The van der Waals surface area contributed by atoms with E-state index in [0.717, 1.165) is 34.4 Å². The smallest absolute Gasteiger partial charge is 0.337 e. The van der Waals surface area contributed by atoms with Gasteiger partial charge in [-0.25, -0.2) is 13.2 Å². The van der Waals surface area contributed by atoms with Crippen LogP contribution in [0.5, 0.6) is 0 Å². The number of esters is 1. The van der Waals surface area contributed by atoms with Gasteiger partial charge in [-0.3, -0.25) is 4.72 Å². The number of hydrogen-bond acceptors (Lipinski definition) is 5. The molecule has 0 amide bonds. The summed E-state index contributed by atoms with van der Waals surface area (Å²) in [5, 5.41) is 3.63. The van der Waals surface area contributed by atoms with Gasteiger partial charge in [0.1, 0.15) is 0 Å². The SMILES string of the molecule is COC(=O)c1ccc([C@H]2Nc3ccc(S(=O)(=O)Nc4ccc(-c5ccccc5)cc4)cc3[C@H]3C=CC[C@H]32)cc1. The molecule has 2 N–H and O–H groups in total. The van der Waals surface area contributed by atoms with Gasteiger partial charge in [0.05, 0.1) is 23.6 Å². The number of sulfonamides is 1. The first kappa shape index (κ1) is 24.9. The maximum absolute atomic E-state index is 13.3. The number of allylic oxidation sites excluding steroid dienone is 2. The van der Waals surface area contributed by atoms with Crippen LogP contribution in [0.3, 0.4) is 0 Å². The quantitative estimate of drug-likeness (QED) is 0.210. The first-order chi connectivity index (χ1) is 18.9. The van der Waals surface area contributed by atoms with E-state index in [4.69, 9.17) is 4.74 Å². The second-order valence-electron chi connectivity index (χ2n) is 9.89. The molecule has 196 valence electrons. The second-order valence-corrected chi connectivity index (χ2v) is 11.6. The van der Waals surface area contributed by atoms with E-state index in [2.05, 4.69) is 22.2 Å². The largest absolute Gasteiger partial charge is 0.465 e. The summed E-state index contributed by atoms with van der Waals surface area (Å²) in [6.07, 6.45) is 5.21. The van der Waals surface area contributed by atoms with Gasteiger partial charge < -0.3 is 10.1 Å². The van der Waals surface area contributed by atoms with E-state index in [-0.39, 0.29) is 28.7 Å². The molecule has 2 aliphatic rings. The highest BCUT2D eigenvalue weighted by molar-refractivity contribution is 7.92. The highest BCUT2D eigenvalue weighted by Gasteiger charge is 2.38. The third kappa shape index (κ3) is 4.81. The van der Waals surface area contributed by atoms with Crippen molar-refractivity contribution < 1.29 is 17.9 Å². The fourth-order valence-corrected chi connectivity index (χ4v) is 6.68. The van der Waals surface area contributed by atoms with Crippen molar-refractivity contribution in [2.75, 3.05) is 17.1 Å². The normalized spacial score (nSPS) is 19.5. The minimum Gasteiger partial charge on any atom is -0.465 e. The zero-order chi connectivity index (χ0) is 27.0. The van der Waals surface area contributed by atoms with Gasteiger partial charge in [-0.05, 0) is 77.1 Å². The van der Waals surface area contributed by atoms with E-state index in [1.807, 2.05) is 60.7 Å². The summed E-state index contributed by atoms with van der Waals surface area (Å²) in [5.41, 5.74) is 6.08. The number of fused-ring (bicyclic) bond motifs is 3. The standard InChI is InChI=1S/C32H28N2O4S/c1-38-32(35)24-12-10-23(11-13-24)31-28-9-5-8-27(28)29-20-26(18-19-30(29)33-31)39(36,37)34-25-16-14-22(15-17-25)21-6-3-2-4-7-21/h2-8,10-20,27-28,31,33-34H,9H2,1H3/t27-,28+,31+/m0/s1. The molecule has 0 bridgehead atoms. The van der Waals surface area contributed by atoms with Crippen LogP contribution in [-0.4, -0.2) is 21.5 Å². The van der Waals surface area contributed by atoms with E-state index in [1.54, 1.807) is 36.4 Å². The zero-order valence-corrected chi connectivity index (χ0v) is 22.2. The lowest BCUT2D eigenvalue weighted by Gasteiger charge is -2.37. The summed E-state index contributed by atoms with van der Waals surface area (Å²) in [6.45, 7) is 0. The van der Waals surface area contributed by atoms with Crippen molar-refractivity contribution in [3.63, 3.8) is 0 Å². The van der Waals surface area contributed by atoms with Crippen molar-refractivity contribution in [2.45, 2.75) is 23.3 Å². The van der Waals surface area contributed by atoms with E-state index < -0.39 is 10.0 Å². The highest BCUT2D eigenvalue weighted by atomic mass is 32.2. The van der Waals surface area contributed by atoms with Crippen molar-refractivity contribution in [3.05, 3.63) is 126 Å². The fourth-order valence-electron chi connectivity index (χ4n) is 5.59. The van der Waals surface area contributed by atoms with Crippen LogP contribution < -0.4 is 10.0 Å². The average Bonchev–Trinajstić information content (AvgIpc) is 3.47. The molecule has 6 nitrogen and oxygen atoms in total. The monoisotopic (exact) mass is 536 g/mol. The van der Waals surface area contributed by atoms with Gasteiger partial charge in [-0.2, -0.15) is 0 Å². The lowest BCUT2D eigenvalue weighted by Crippen LogP contribution is -2.29. The molecule has 0 radical (unpaired) electrons. The van der Waals surface area contributed by atoms with Gasteiger partial charge in [-0.1, -0.05) is 66.7 Å². The number of anilines is 2. The Balaban J connectivity index is 1.24. The van der Waals surface area contributed by atoms with Crippen LogP contribution in [0.2, 0.25) is 0 Å². The van der Waals surface area contributed by atoms with Gasteiger partial charge in [0.15, 0.2) is 0 Å². The first-order valence-corrected chi connectivity index (χ1v) is 14.3. The van der Waals surface area contributed by atoms with E-state index in [0.29, 0.717) is 11.3 Å². The number of ether oxygens (including phenoxy) is 1. The van der Waals surface area contributed by atoms with Crippen LogP contribution in [0.1, 0.15) is 39.9 Å². The maximum atomic E-state index is 13.3. The molecule has 1 heterocycles. The van der Waals surface area contributed by atoms with Gasteiger partial charge >= 0.3 is 5.97 Å². The average molecular weight is 537 g/mol. The molecular weight excluding hydrogens is 508 g/mol. The number of nitrogens with one attached hydrogen (secondary N) is 2. The van der Waals surface area contributed by atoms with Gasteiger partial charge in [-0.15, -0.1) is 0 Å². The van der Waals surface area contributed by atoms with E-state index in [1.165, 1.54) is 7.11 Å². The topological polar surface area (TPSA) is 84.5 Å². The lowest BCUT2D eigenvalue weighted by atomic mass is 9.77. The molecule has 0 saturated carbocycles. The van der Waals surface area contributed by atoms with Gasteiger partial charge in [0, 0.05) is 17.3 Å². The van der Waals surface area contributed by atoms with Gasteiger partial charge in [0.2, 0.25) is 0 Å². The third-order valence-electron chi connectivity index (χ3n) is 7.58. The minimum atomic E-state index is -3.78. The van der Waals surface area contributed by atoms with Crippen molar-refractivity contribution >= 4 is 27.4 Å². The predicted molar refractivity (Wildman–Crippen MR) is 153 cm³/mol. The molecule has 7 heteroatoms. The Morgan fingerprint density at radius 2 is 1.62 bits per heavy atom. The summed E-state index contributed by atoms with van der Waals surface area (Å²) in [7, 11) is -2.41. The number of methoxy groups -OCH3 is 1. The molecule has 3 atom stereocenters. The summed E-state index contributed by atoms with van der Waals surface area (Å²) in [5.74, 6) is -0.0387. The zero-order valence-electron chi connectivity index (χ0n) is 21.4. The molecule has 1 aliphatic heterocycles. The van der Waals surface area contributed by atoms with Crippen LogP contribution in [0, 0.1) is 5.92 Å². The van der Waals surface area contributed by atoms with E-state index in [9.17, 15) is 13.2 Å². The minimum absolute atomic E-state index is 0.0351. The summed E-state index contributed by atoms with van der Waals surface area (Å²) >= 11 is 0. The van der Waals surface area contributed by atoms with Crippen LogP contribution in [0.4, 0.5) is 11.4 Å². The fraction of sp³-hybridized carbons (Fsp3) is 0.156. The highest BCUT2D eigenvalue weighted by Crippen LogP contribution is 2.50. The molecular formula is C32H28N2O4S. The number of rotatable bonds is 6. The molecule has 0 saturated heterocycles.